The van der Waals surface area contributed by atoms with Gasteiger partial charge in [-0.25, -0.2) is 0 Å². The Morgan fingerprint density at radius 1 is 0.338 bits per heavy atom. The SMILES string of the molecule is CCCCCCCCCCCCCCCCCCCC(=O)OCCCCCCCCCCCCCC/C=C\CCCCCCCCCCCCCCCC(=O)NC(CO)C(O)CCCCCCCCCCCCCCCCCCC. The van der Waals surface area contributed by atoms with Crippen molar-refractivity contribution >= 4 is 11.9 Å². The molecule has 0 spiro atoms. The van der Waals surface area contributed by atoms with Gasteiger partial charge in [0.05, 0.1) is 25.4 Å². The van der Waals surface area contributed by atoms with Crippen molar-refractivity contribution in [3.8, 4) is 0 Å². The summed E-state index contributed by atoms with van der Waals surface area (Å²) in [7, 11) is 0. The van der Waals surface area contributed by atoms with Crippen LogP contribution in [0.1, 0.15) is 425 Å². The standard InChI is InChI=1S/C74H145NO5/c1-3-5-7-9-11-13-15-17-19-34-38-42-46-50-54-58-62-66-72(77)71(70-76)75-73(78)67-63-59-55-51-47-43-39-36-32-30-28-26-24-22-21-23-25-27-29-31-33-37-41-45-49-53-57-61-65-69-80-74(79)68-64-60-56-52-48-44-40-35-20-18-16-14-12-10-8-6-4-2/h21,23,71-72,76-77H,3-20,22,24-70H2,1-2H3,(H,75,78)/b23-21-. The van der Waals surface area contributed by atoms with E-state index in [4.69, 9.17) is 4.74 Å². The fourth-order valence-electron chi connectivity index (χ4n) is 11.9. The maximum absolute atomic E-state index is 12.5. The van der Waals surface area contributed by atoms with Crippen molar-refractivity contribution in [3.05, 3.63) is 12.2 Å². The van der Waals surface area contributed by atoms with E-state index >= 15 is 0 Å². The lowest BCUT2D eigenvalue weighted by molar-refractivity contribution is -0.143. The first-order chi connectivity index (χ1) is 39.5. The first-order valence-electron chi connectivity index (χ1n) is 36.9. The summed E-state index contributed by atoms with van der Waals surface area (Å²) in [6, 6.07) is -0.540. The molecule has 3 N–H and O–H groups in total. The van der Waals surface area contributed by atoms with E-state index < -0.39 is 12.1 Å². The van der Waals surface area contributed by atoms with Gasteiger partial charge in [0.25, 0.3) is 0 Å². The summed E-state index contributed by atoms with van der Waals surface area (Å²) in [6.07, 6.45) is 87.0. The number of hydrogen-bond donors (Lipinski definition) is 3. The number of carbonyl (C=O) groups is 2. The van der Waals surface area contributed by atoms with Crippen LogP contribution >= 0.6 is 0 Å². The molecule has 0 aliphatic rings. The van der Waals surface area contributed by atoms with E-state index in [2.05, 4.69) is 31.3 Å². The van der Waals surface area contributed by atoms with Gasteiger partial charge >= 0.3 is 5.97 Å². The predicted octanol–water partition coefficient (Wildman–Crippen LogP) is 23.9. The van der Waals surface area contributed by atoms with Gasteiger partial charge in [-0.1, -0.05) is 373 Å². The molecule has 6 nitrogen and oxygen atoms in total. The number of unbranched alkanes of at least 4 members (excludes halogenated alkanes) is 57. The normalized spacial score (nSPS) is 12.5. The van der Waals surface area contributed by atoms with E-state index in [1.54, 1.807) is 0 Å². The highest BCUT2D eigenvalue weighted by Crippen LogP contribution is 2.19. The van der Waals surface area contributed by atoms with Gasteiger partial charge < -0.3 is 20.3 Å². The highest BCUT2D eigenvalue weighted by molar-refractivity contribution is 5.76. The highest BCUT2D eigenvalue weighted by Gasteiger charge is 2.20. The summed E-state index contributed by atoms with van der Waals surface area (Å²) in [5.74, 6) is -0.00833. The van der Waals surface area contributed by atoms with Crippen molar-refractivity contribution in [2.24, 2.45) is 0 Å². The molecule has 0 aliphatic heterocycles. The third-order valence-corrected chi connectivity index (χ3v) is 17.6. The number of rotatable bonds is 70. The first-order valence-corrected chi connectivity index (χ1v) is 36.9. The summed E-state index contributed by atoms with van der Waals surface area (Å²) in [6.45, 7) is 5.00. The predicted molar refractivity (Wildman–Crippen MR) is 352 cm³/mol. The third-order valence-electron chi connectivity index (χ3n) is 17.6. The Morgan fingerprint density at radius 2 is 0.588 bits per heavy atom. The molecule has 0 aliphatic carbocycles. The molecule has 1 amide bonds. The van der Waals surface area contributed by atoms with E-state index in [0.29, 0.717) is 25.9 Å². The molecule has 0 saturated carbocycles. The largest absolute Gasteiger partial charge is 0.466 e. The van der Waals surface area contributed by atoms with Gasteiger partial charge in [0.2, 0.25) is 5.91 Å². The minimum Gasteiger partial charge on any atom is -0.466 e. The molecule has 2 unspecified atom stereocenters. The number of nitrogens with one attached hydrogen (secondary N) is 1. The van der Waals surface area contributed by atoms with Crippen molar-refractivity contribution in [1.82, 2.24) is 5.32 Å². The van der Waals surface area contributed by atoms with Gasteiger partial charge in [0.15, 0.2) is 0 Å². The second-order valence-corrected chi connectivity index (χ2v) is 25.6. The van der Waals surface area contributed by atoms with E-state index in [9.17, 15) is 19.8 Å². The van der Waals surface area contributed by atoms with E-state index in [0.717, 1.165) is 38.5 Å². The highest BCUT2D eigenvalue weighted by atomic mass is 16.5. The molecule has 0 aromatic carbocycles. The molecule has 0 saturated heterocycles. The van der Waals surface area contributed by atoms with Crippen molar-refractivity contribution in [3.63, 3.8) is 0 Å². The number of hydrogen-bond acceptors (Lipinski definition) is 5. The Hall–Kier alpha value is -1.40. The maximum Gasteiger partial charge on any atom is 0.305 e. The minimum atomic E-state index is -0.663. The van der Waals surface area contributed by atoms with Crippen LogP contribution in [-0.2, 0) is 14.3 Å². The van der Waals surface area contributed by atoms with Gasteiger partial charge in [-0.2, -0.15) is 0 Å². The molecule has 0 radical (unpaired) electrons. The van der Waals surface area contributed by atoms with Crippen LogP contribution in [0.4, 0.5) is 0 Å². The van der Waals surface area contributed by atoms with Gasteiger partial charge in [-0.3, -0.25) is 9.59 Å². The fraction of sp³-hybridized carbons (Fsp3) is 0.946. The summed E-state index contributed by atoms with van der Waals surface area (Å²) in [5, 5.41) is 23.4. The number of amides is 1. The Balaban J connectivity index is 3.35. The lowest BCUT2D eigenvalue weighted by atomic mass is 10.0. The number of esters is 1. The van der Waals surface area contributed by atoms with Crippen molar-refractivity contribution in [1.29, 1.82) is 0 Å². The smallest absolute Gasteiger partial charge is 0.305 e. The molecule has 80 heavy (non-hydrogen) atoms. The van der Waals surface area contributed by atoms with Crippen molar-refractivity contribution in [2.45, 2.75) is 437 Å². The third kappa shape index (κ3) is 65.7. The second-order valence-electron chi connectivity index (χ2n) is 25.6. The van der Waals surface area contributed by atoms with Crippen molar-refractivity contribution < 1.29 is 24.5 Å². The van der Waals surface area contributed by atoms with E-state index in [1.807, 2.05) is 0 Å². The maximum atomic E-state index is 12.5. The minimum absolute atomic E-state index is 0.0216. The number of aliphatic hydroxyl groups is 2. The zero-order valence-electron chi connectivity index (χ0n) is 54.6. The van der Waals surface area contributed by atoms with Crippen LogP contribution in [-0.4, -0.2) is 47.4 Å². The average molecular weight is 1130 g/mol. The Bertz CT molecular complexity index is 1210. The average Bonchev–Trinajstić information content (AvgIpc) is 3.46. The van der Waals surface area contributed by atoms with E-state index in [1.165, 1.54) is 353 Å². The molecule has 0 heterocycles. The van der Waals surface area contributed by atoms with Crippen LogP contribution < -0.4 is 5.32 Å². The molecule has 0 rings (SSSR count). The lowest BCUT2D eigenvalue weighted by Crippen LogP contribution is -2.45. The Kier molecular flexibility index (Phi) is 68.9. The van der Waals surface area contributed by atoms with Gasteiger partial charge in [-0.15, -0.1) is 0 Å². The second kappa shape index (κ2) is 70.1. The van der Waals surface area contributed by atoms with Crippen LogP contribution in [0.15, 0.2) is 12.2 Å². The van der Waals surface area contributed by atoms with Crippen LogP contribution in [0, 0.1) is 0 Å². The molecule has 2 atom stereocenters. The molecule has 0 bridgehead atoms. The van der Waals surface area contributed by atoms with Crippen LogP contribution in [0.5, 0.6) is 0 Å². The topological polar surface area (TPSA) is 95.9 Å². The Morgan fingerprint density at radius 3 is 0.887 bits per heavy atom. The summed E-state index contributed by atoms with van der Waals surface area (Å²) < 4.78 is 5.51. The molecule has 0 fully saturated rings. The number of aliphatic hydroxyl groups excluding tert-OH is 2. The quantitative estimate of drug-likeness (QED) is 0.0320. The molecular weight excluding hydrogens is 983 g/mol. The molecule has 0 aromatic rings. The number of allylic oxidation sites excluding steroid dienone is 2. The summed E-state index contributed by atoms with van der Waals surface area (Å²) in [4.78, 5) is 24.6. The van der Waals surface area contributed by atoms with Crippen molar-refractivity contribution in [2.75, 3.05) is 13.2 Å². The zero-order chi connectivity index (χ0) is 57.8. The monoisotopic (exact) mass is 1130 g/mol. The fourth-order valence-corrected chi connectivity index (χ4v) is 11.9. The van der Waals surface area contributed by atoms with Crippen LogP contribution in [0.2, 0.25) is 0 Å². The summed E-state index contributed by atoms with van der Waals surface area (Å²) >= 11 is 0. The van der Waals surface area contributed by atoms with E-state index in [-0.39, 0.29) is 18.5 Å². The van der Waals surface area contributed by atoms with Gasteiger partial charge in [-0.05, 0) is 51.4 Å². The molecule has 476 valence electrons. The molecular formula is C74H145NO5. The Labute approximate surface area is 501 Å². The molecule has 0 aromatic heterocycles. The van der Waals surface area contributed by atoms with Gasteiger partial charge in [0.1, 0.15) is 0 Å². The number of ether oxygens (including phenoxy) is 1. The van der Waals surface area contributed by atoms with Crippen LogP contribution in [0.25, 0.3) is 0 Å². The number of carbonyl (C=O) groups excluding carboxylic acids is 2. The van der Waals surface area contributed by atoms with Gasteiger partial charge in [0, 0.05) is 12.8 Å². The lowest BCUT2D eigenvalue weighted by Gasteiger charge is -2.22. The van der Waals surface area contributed by atoms with Crippen LogP contribution in [0.3, 0.4) is 0 Å². The first kappa shape index (κ1) is 78.6. The summed E-state index contributed by atoms with van der Waals surface area (Å²) in [5.41, 5.74) is 0. The molecule has 6 heteroatoms. The zero-order valence-corrected chi connectivity index (χ0v) is 54.6.